The number of nitrogens with zero attached hydrogens (tertiary/aromatic N) is 1. The fraction of sp³-hybridized carbons (Fsp3) is 0.600. The Labute approximate surface area is 123 Å². The van der Waals surface area contributed by atoms with Gasteiger partial charge in [-0.15, -0.1) is 0 Å². The molecule has 0 aliphatic heterocycles. The number of hydrogen-bond acceptors (Lipinski definition) is 3. The number of rotatable bonds is 6. The molecule has 0 saturated carbocycles. The van der Waals surface area contributed by atoms with E-state index >= 15 is 0 Å². The fourth-order valence-corrected chi connectivity index (χ4v) is 4.29. The molecule has 2 N–H and O–H groups in total. The first kappa shape index (κ1) is 17.1. The lowest BCUT2D eigenvalue weighted by atomic mass is 10.1. The number of aryl methyl sites for hydroxylation is 1. The Hall–Kier alpha value is -0.910. The molecule has 0 heterocycles. The predicted octanol–water partition coefficient (Wildman–Crippen LogP) is 2.57. The molecule has 0 aromatic heterocycles. The van der Waals surface area contributed by atoms with Crippen LogP contribution in [0.5, 0.6) is 0 Å². The van der Waals surface area contributed by atoms with Gasteiger partial charge in [-0.25, -0.2) is 8.42 Å². The Balaban J connectivity index is 3.38. The predicted molar refractivity (Wildman–Crippen MR) is 83.1 cm³/mol. The lowest BCUT2D eigenvalue weighted by Crippen LogP contribution is -2.36. The van der Waals surface area contributed by atoms with Gasteiger partial charge in [-0.3, -0.25) is 0 Å². The van der Waals surface area contributed by atoms with Crippen molar-refractivity contribution in [3.63, 3.8) is 0 Å². The van der Waals surface area contributed by atoms with Gasteiger partial charge in [0.2, 0.25) is 10.0 Å². The van der Waals surface area contributed by atoms with Gasteiger partial charge >= 0.3 is 0 Å². The van der Waals surface area contributed by atoms with Crippen LogP contribution in [-0.2, 0) is 16.6 Å². The molecule has 1 aromatic carbocycles. The summed E-state index contributed by atoms with van der Waals surface area (Å²) in [6.45, 7) is 8.13. The molecule has 0 aliphatic carbocycles. The zero-order valence-corrected chi connectivity index (χ0v) is 13.9. The number of sulfonamides is 1. The molecule has 0 spiro atoms. The van der Waals surface area contributed by atoms with Gasteiger partial charge < -0.3 is 5.73 Å². The first-order chi connectivity index (χ1) is 9.29. The Bertz CT molecular complexity index is 563. The molecule has 0 bridgehead atoms. The van der Waals surface area contributed by atoms with E-state index in [2.05, 4.69) is 0 Å². The second-order valence-corrected chi connectivity index (χ2v) is 7.20. The summed E-state index contributed by atoms with van der Waals surface area (Å²) in [7, 11) is -1.81. The van der Waals surface area contributed by atoms with Gasteiger partial charge in [0, 0.05) is 19.6 Å². The second kappa shape index (κ2) is 6.70. The van der Waals surface area contributed by atoms with Gasteiger partial charge in [0.15, 0.2) is 0 Å². The highest BCUT2D eigenvalue weighted by molar-refractivity contribution is 7.89. The maximum atomic E-state index is 12.8. The third-order valence-corrected chi connectivity index (χ3v) is 6.07. The van der Waals surface area contributed by atoms with E-state index in [1.165, 1.54) is 4.31 Å². The van der Waals surface area contributed by atoms with Crippen molar-refractivity contribution in [1.82, 2.24) is 4.31 Å². The van der Waals surface area contributed by atoms with Crippen LogP contribution in [0, 0.1) is 13.8 Å². The quantitative estimate of drug-likeness (QED) is 0.878. The van der Waals surface area contributed by atoms with Crippen molar-refractivity contribution < 1.29 is 8.42 Å². The largest absolute Gasteiger partial charge is 0.326 e. The van der Waals surface area contributed by atoms with Crippen LogP contribution in [0.15, 0.2) is 17.0 Å². The summed E-state index contributed by atoms with van der Waals surface area (Å²) < 4.78 is 27.1. The molecule has 1 rings (SSSR count). The van der Waals surface area contributed by atoms with Crippen LogP contribution in [0.1, 0.15) is 43.4 Å². The monoisotopic (exact) mass is 298 g/mol. The molecule has 0 unspecified atom stereocenters. The molecule has 0 saturated heterocycles. The van der Waals surface area contributed by atoms with E-state index in [9.17, 15) is 8.42 Å². The highest BCUT2D eigenvalue weighted by atomic mass is 32.2. The number of benzene rings is 1. The minimum Gasteiger partial charge on any atom is -0.326 e. The number of nitrogens with two attached hydrogens (primary N) is 1. The van der Waals surface area contributed by atoms with Crippen molar-refractivity contribution in [2.24, 2.45) is 5.73 Å². The van der Waals surface area contributed by atoms with Crippen molar-refractivity contribution in [3.05, 3.63) is 28.8 Å². The molecule has 0 fully saturated rings. The Morgan fingerprint density at radius 3 is 2.20 bits per heavy atom. The van der Waals surface area contributed by atoms with E-state index in [0.717, 1.165) is 29.5 Å². The summed E-state index contributed by atoms with van der Waals surface area (Å²) in [6, 6.07) is 3.68. The molecule has 0 radical (unpaired) electrons. The van der Waals surface area contributed by atoms with Crippen LogP contribution in [-0.4, -0.2) is 25.8 Å². The molecule has 5 heteroatoms. The summed E-state index contributed by atoms with van der Waals surface area (Å²) in [5.74, 6) is 0. The SMILES string of the molecule is CCC(CC)N(C)S(=O)(=O)c1cc(CN)cc(C)c1C. The molecule has 1 aromatic rings. The van der Waals surface area contributed by atoms with Crippen molar-refractivity contribution >= 4 is 10.0 Å². The van der Waals surface area contributed by atoms with Crippen LogP contribution in [0.2, 0.25) is 0 Å². The van der Waals surface area contributed by atoms with E-state index in [0.29, 0.717) is 11.4 Å². The summed E-state index contributed by atoms with van der Waals surface area (Å²) in [6.07, 6.45) is 1.61. The zero-order valence-electron chi connectivity index (χ0n) is 13.1. The number of hydrogen-bond donors (Lipinski definition) is 1. The molecule has 0 aliphatic rings. The molecular formula is C15H26N2O2S. The molecule has 0 amide bonds. The Morgan fingerprint density at radius 1 is 1.20 bits per heavy atom. The van der Waals surface area contributed by atoms with E-state index in [-0.39, 0.29) is 6.04 Å². The van der Waals surface area contributed by atoms with Crippen LogP contribution in [0.25, 0.3) is 0 Å². The average Bonchev–Trinajstić information content (AvgIpc) is 2.42. The third kappa shape index (κ3) is 3.22. The Kier molecular flexibility index (Phi) is 5.74. The topological polar surface area (TPSA) is 63.4 Å². The average molecular weight is 298 g/mol. The van der Waals surface area contributed by atoms with Crippen molar-refractivity contribution in [3.8, 4) is 0 Å². The maximum Gasteiger partial charge on any atom is 0.243 e. The summed E-state index contributed by atoms with van der Waals surface area (Å²) >= 11 is 0. The van der Waals surface area contributed by atoms with Crippen molar-refractivity contribution in [1.29, 1.82) is 0 Å². The van der Waals surface area contributed by atoms with Crippen LogP contribution in [0.4, 0.5) is 0 Å². The van der Waals surface area contributed by atoms with Crippen LogP contribution in [0.3, 0.4) is 0 Å². The fourth-order valence-electron chi connectivity index (χ4n) is 2.44. The minimum atomic E-state index is -3.47. The van der Waals surface area contributed by atoms with E-state index < -0.39 is 10.0 Å². The van der Waals surface area contributed by atoms with Gasteiger partial charge in [0.05, 0.1) is 4.90 Å². The second-order valence-electron chi connectivity index (χ2n) is 5.23. The van der Waals surface area contributed by atoms with E-state index in [1.807, 2.05) is 33.8 Å². The van der Waals surface area contributed by atoms with Crippen LogP contribution < -0.4 is 5.73 Å². The van der Waals surface area contributed by atoms with Gasteiger partial charge in [0.25, 0.3) is 0 Å². The molecule has 114 valence electrons. The summed E-state index contributed by atoms with van der Waals surface area (Å²) in [4.78, 5) is 0.382. The van der Waals surface area contributed by atoms with E-state index in [1.54, 1.807) is 13.1 Å². The first-order valence-electron chi connectivity index (χ1n) is 7.07. The van der Waals surface area contributed by atoms with Gasteiger partial charge in [-0.2, -0.15) is 4.31 Å². The van der Waals surface area contributed by atoms with E-state index in [4.69, 9.17) is 5.73 Å². The van der Waals surface area contributed by atoms with Gasteiger partial charge in [-0.1, -0.05) is 19.9 Å². The van der Waals surface area contributed by atoms with Crippen LogP contribution >= 0.6 is 0 Å². The molecule has 0 atom stereocenters. The Morgan fingerprint density at radius 2 is 1.75 bits per heavy atom. The van der Waals surface area contributed by atoms with Gasteiger partial charge in [0.1, 0.15) is 0 Å². The summed E-state index contributed by atoms with van der Waals surface area (Å²) in [5.41, 5.74) is 8.28. The first-order valence-corrected chi connectivity index (χ1v) is 8.51. The lowest BCUT2D eigenvalue weighted by molar-refractivity contribution is 0.349. The van der Waals surface area contributed by atoms with Gasteiger partial charge in [-0.05, 0) is 49.4 Å². The highest BCUT2D eigenvalue weighted by Gasteiger charge is 2.28. The maximum absolute atomic E-state index is 12.8. The molecule has 20 heavy (non-hydrogen) atoms. The molecule has 4 nitrogen and oxygen atoms in total. The normalized spacial score (nSPS) is 12.4. The minimum absolute atomic E-state index is 0.0289. The third-order valence-electron chi connectivity index (χ3n) is 4.03. The standard InChI is InChI=1S/C15H26N2O2S/c1-6-14(7-2)17(5)20(18,19)15-9-13(10-16)8-11(3)12(15)4/h8-9,14H,6-7,10,16H2,1-5H3. The smallest absolute Gasteiger partial charge is 0.243 e. The van der Waals surface area contributed by atoms with Crippen molar-refractivity contribution in [2.75, 3.05) is 7.05 Å². The molecular weight excluding hydrogens is 272 g/mol. The van der Waals surface area contributed by atoms with Crippen molar-refractivity contribution in [2.45, 2.75) is 58.0 Å². The summed E-state index contributed by atoms with van der Waals surface area (Å²) in [5, 5.41) is 0. The lowest BCUT2D eigenvalue weighted by Gasteiger charge is -2.26. The highest BCUT2D eigenvalue weighted by Crippen LogP contribution is 2.26. The zero-order chi connectivity index (χ0) is 15.5.